The summed E-state index contributed by atoms with van der Waals surface area (Å²) in [4.78, 5) is 12.2. The average Bonchev–Trinajstić information content (AvgIpc) is 2.77. The number of phenolic OH excluding ortho intramolecular Hbond substituents is 1. The summed E-state index contributed by atoms with van der Waals surface area (Å²) < 4.78 is 10.6. The standard InChI is InChI=1S/C16H12O4/c1-19-11-6-7-12-14(9-11)20-15(16(12)18)8-10-4-2-3-5-13(10)17/h2-9,17H,1H3/b15-8+. The van der Waals surface area contributed by atoms with Crippen molar-refractivity contribution in [1.29, 1.82) is 0 Å². The van der Waals surface area contributed by atoms with Crippen LogP contribution in [0.5, 0.6) is 17.2 Å². The van der Waals surface area contributed by atoms with E-state index in [1.807, 2.05) is 0 Å². The zero-order valence-corrected chi connectivity index (χ0v) is 10.8. The number of benzene rings is 2. The van der Waals surface area contributed by atoms with E-state index in [1.165, 1.54) is 6.08 Å². The third-order valence-corrected chi connectivity index (χ3v) is 3.10. The van der Waals surface area contributed by atoms with Gasteiger partial charge in [-0.05, 0) is 24.3 Å². The van der Waals surface area contributed by atoms with Crippen LogP contribution < -0.4 is 9.47 Å². The van der Waals surface area contributed by atoms with Crippen molar-refractivity contribution in [2.45, 2.75) is 0 Å². The number of allylic oxidation sites excluding steroid dienone is 1. The van der Waals surface area contributed by atoms with Gasteiger partial charge >= 0.3 is 0 Å². The molecule has 2 aromatic carbocycles. The Bertz CT molecular complexity index is 716. The van der Waals surface area contributed by atoms with Crippen molar-refractivity contribution in [3.63, 3.8) is 0 Å². The summed E-state index contributed by atoms with van der Waals surface area (Å²) in [5.41, 5.74) is 1.03. The predicted molar refractivity (Wildman–Crippen MR) is 74.0 cm³/mol. The number of hydrogen-bond donors (Lipinski definition) is 1. The summed E-state index contributed by atoms with van der Waals surface area (Å²) >= 11 is 0. The number of fused-ring (bicyclic) bond motifs is 1. The van der Waals surface area contributed by atoms with E-state index < -0.39 is 0 Å². The predicted octanol–water partition coefficient (Wildman–Crippen LogP) is 3.02. The van der Waals surface area contributed by atoms with Crippen LogP contribution >= 0.6 is 0 Å². The number of rotatable bonds is 2. The molecule has 0 aromatic heterocycles. The van der Waals surface area contributed by atoms with E-state index in [4.69, 9.17) is 9.47 Å². The summed E-state index contributed by atoms with van der Waals surface area (Å²) in [6, 6.07) is 11.8. The van der Waals surface area contributed by atoms with Gasteiger partial charge in [0, 0.05) is 11.6 Å². The fourth-order valence-electron chi connectivity index (χ4n) is 2.05. The minimum absolute atomic E-state index is 0.102. The number of phenols is 1. The molecule has 1 N–H and O–H groups in total. The molecule has 2 aromatic rings. The SMILES string of the molecule is COc1ccc2c(c1)O/C(=C/c1ccccc1O)C2=O. The van der Waals surface area contributed by atoms with Crippen molar-refractivity contribution in [3.05, 3.63) is 59.4 Å². The Morgan fingerprint density at radius 2 is 2.00 bits per heavy atom. The lowest BCUT2D eigenvalue weighted by Gasteiger charge is -2.02. The molecule has 0 saturated carbocycles. The summed E-state index contributed by atoms with van der Waals surface area (Å²) in [6.07, 6.45) is 1.53. The smallest absolute Gasteiger partial charge is 0.231 e. The van der Waals surface area contributed by atoms with Gasteiger partial charge in [0.15, 0.2) is 5.76 Å². The van der Waals surface area contributed by atoms with E-state index in [0.29, 0.717) is 22.6 Å². The Kier molecular flexibility index (Phi) is 2.91. The first-order chi connectivity index (χ1) is 9.69. The molecule has 0 amide bonds. The zero-order chi connectivity index (χ0) is 14.1. The number of Topliss-reactive ketones (excluding diaryl/α,β-unsaturated/α-hetero) is 1. The second kappa shape index (κ2) is 4.74. The molecule has 100 valence electrons. The number of para-hydroxylation sites is 1. The molecule has 4 nitrogen and oxygen atoms in total. The lowest BCUT2D eigenvalue weighted by molar-refractivity contribution is 0.101. The fourth-order valence-corrected chi connectivity index (χ4v) is 2.05. The maximum atomic E-state index is 12.2. The summed E-state index contributed by atoms with van der Waals surface area (Å²) in [7, 11) is 1.55. The molecule has 3 rings (SSSR count). The molecule has 0 saturated heterocycles. The summed E-state index contributed by atoms with van der Waals surface area (Å²) in [5.74, 6) is 1.18. The van der Waals surface area contributed by atoms with Crippen molar-refractivity contribution < 1.29 is 19.4 Å². The molecule has 0 spiro atoms. The number of hydrogen-bond acceptors (Lipinski definition) is 4. The van der Waals surface area contributed by atoms with Crippen molar-refractivity contribution >= 4 is 11.9 Å². The van der Waals surface area contributed by atoms with E-state index >= 15 is 0 Å². The summed E-state index contributed by atoms with van der Waals surface area (Å²) in [5, 5.41) is 9.72. The normalized spacial score (nSPS) is 15.1. The zero-order valence-electron chi connectivity index (χ0n) is 10.8. The second-order valence-corrected chi connectivity index (χ2v) is 4.36. The molecule has 0 aliphatic carbocycles. The van der Waals surface area contributed by atoms with Crippen LogP contribution in [0.1, 0.15) is 15.9 Å². The van der Waals surface area contributed by atoms with E-state index in [9.17, 15) is 9.90 Å². The lowest BCUT2D eigenvalue weighted by atomic mass is 10.1. The molecule has 1 heterocycles. The van der Waals surface area contributed by atoms with Crippen molar-refractivity contribution in [2.24, 2.45) is 0 Å². The minimum atomic E-state index is -0.203. The van der Waals surface area contributed by atoms with Gasteiger partial charge in [-0.25, -0.2) is 0 Å². The highest BCUT2D eigenvalue weighted by atomic mass is 16.5. The van der Waals surface area contributed by atoms with E-state index in [0.717, 1.165) is 0 Å². The van der Waals surface area contributed by atoms with Gasteiger partial charge in [0.05, 0.1) is 12.7 Å². The number of carbonyl (C=O) groups excluding carboxylic acids is 1. The van der Waals surface area contributed by atoms with Gasteiger partial charge in [0.2, 0.25) is 5.78 Å². The molecular formula is C16H12O4. The molecular weight excluding hydrogens is 256 g/mol. The molecule has 20 heavy (non-hydrogen) atoms. The molecule has 4 heteroatoms. The van der Waals surface area contributed by atoms with Crippen LogP contribution in [0.2, 0.25) is 0 Å². The molecule has 0 atom stereocenters. The van der Waals surface area contributed by atoms with Crippen LogP contribution in [0.3, 0.4) is 0 Å². The van der Waals surface area contributed by atoms with Crippen molar-refractivity contribution in [1.82, 2.24) is 0 Å². The minimum Gasteiger partial charge on any atom is -0.507 e. The molecule has 0 fully saturated rings. The largest absolute Gasteiger partial charge is 0.507 e. The third-order valence-electron chi connectivity index (χ3n) is 3.10. The van der Waals surface area contributed by atoms with Crippen molar-refractivity contribution in [3.8, 4) is 17.2 Å². The topological polar surface area (TPSA) is 55.8 Å². The second-order valence-electron chi connectivity index (χ2n) is 4.36. The van der Waals surface area contributed by atoms with Crippen molar-refractivity contribution in [2.75, 3.05) is 7.11 Å². The Balaban J connectivity index is 1.99. The first-order valence-corrected chi connectivity index (χ1v) is 6.09. The van der Waals surface area contributed by atoms with Gasteiger partial charge in [0.1, 0.15) is 17.2 Å². The molecule has 1 aliphatic rings. The Hall–Kier alpha value is -2.75. The number of methoxy groups -OCH3 is 1. The van der Waals surface area contributed by atoms with Gasteiger partial charge in [-0.3, -0.25) is 4.79 Å². The first kappa shape index (κ1) is 12.3. The number of ketones is 1. The highest BCUT2D eigenvalue weighted by Crippen LogP contribution is 2.35. The maximum Gasteiger partial charge on any atom is 0.231 e. The fraction of sp³-hybridized carbons (Fsp3) is 0.0625. The Labute approximate surface area is 115 Å². The van der Waals surface area contributed by atoms with Gasteiger partial charge in [-0.15, -0.1) is 0 Å². The third kappa shape index (κ3) is 2.01. The van der Waals surface area contributed by atoms with Gasteiger partial charge in [-0.2, -0.15) is 0 Å². The van der Waals surface area contributed by atoms with E-state index in [-0.39, 0.29) is 17.3 Å². The average molecular weight is 268 g/mol. The number of ether oxygens (including phenoxy) is 2. The van der Waals surface area contributed by atoms with Crippen LogP contribution in [0, 0.1) is 0 Å². The van der Waals surface area contributed by atoms with Crippen LogP contribution in [-0.2, 0) is 0 Å². The van der Waals surface area contributed by atoms with Gasteiger partial charge in [-0.1, -0.05) is 18.2 Å². The first-order valence-electron chi connectivity index (χ1n) is 6.09. The van der Waals surface area contributed by atoms with Crippen LogP contribution in [0.15, 0.2) is 48.2 Å². The number of aromatic hydroxyl groups is 1. The van der Waals surface area contributed by atoms with Crippen LogP contribution in [0.4, 0.5) is 0 Å². The van der Waals surface area contributed by atoms with Crippen LogP contribution in [0.25, 0.3) is 6.08 Å². The lowest BCUT2D eigenvalue weighted by Crippen LogP contribution is -1.98. The molecule has 0 radical (unpaired) electrons. The van der Waals surface area contributed by atoms with Gasteiger partial charge in [0.25, 0.3) is 0 Å². The monoisotopic (exact) mass is 268 g/mol. The molecule has 0 unspecified atom stereocenters. The Morgan fingerprint density at radius 3 is 2.75 bits per heavy atom. The maximum absolute atomic E-state index is 12.2. The van der Waals surface area contributed by atoms with Gasteiger partial charge < -0.3 is 14.6 Å². The summed E-state index contributed by atoms with van der Waals surface area (Å²) in [6.45, 7) is 0. The highest BCUT2D eigenvalue weighted by molar-refractivity contribution is 6.14. The van der Waals surface area contributed by atoms with E-state index in [2.05, 4.69) is 0 Å². The Morgan fingerprint density at radius 1 is 1.20 bits per heavy atom. The number of carbonyl (C=O) groups is 1. The quantitative estimate of drug-likeness (QED) is 0.851. The molecule has 1 aliphatic heterocycles. The van der Waals surface area contributed by atoms with E-state index in [1.54, 1.807) is 49.6 Å². The van der Waals surface area contributed by atoms with Crippen LogP contribution in [-0.4, -0.2) is 18.0 Å². The molecule has 0 bridgehead atoms. The highest BCUT2D eigenvalue weighted by Gasteiger charge is 2.27.